The highest BCUT2D eigenvalue weighted by molar-refractivity contribution is 6.32. The number of hydrogen-bond donors (Lipinski definition) is 1. The summed E-state index contributed by atoms with van der Waals surface area (Å²) in [5.74, 6) is 1.02. The molecule has 0 aliphatic rings. The Kier molecular flexibility index (Phi) is 4.77. The van der Waals surface area contributed by atoms with Gasteiger partial charge in [0.1, 0.15) is 11.5 Å². The van der Waals surface area contributed by atoms with E-state index in [0.717, 1.165) is 5.69 Å². The first kappa shape index (κ1) is 16.0. The lowest BCUT2D eigenvalue weighted by Gasteiger charge is -2.09. The van der Waals surface area contributed by atoms with Crippen molar-refractivity contribution in [3.63, 3.8) is 0 Å². The lowest BCUT2D eigenvalue weighted by molar-refractivity contribution is 0.102. The van der Waals surface area contributed by atoms with Gasteiger partial charge in [-0.3, -0.25) is 9.78 Å². The van der Waals surface area contributed by atoms with E-state index in [1.54, 1.807) is 54.7 Å². The van der Waals surface area contributed by atoms with E-state index in [9.17, 15) is 4.79 Å². The minimum atomic E-state index is -0.206. The van der Waals surface area contributed by atoms with Gasteiger partial charge in [-0.05, 0) is 55.5 Å². The first-order valence-electron chi connectivity index (χ1n) is 7.38. The molecule has 4 nitrogen and oxygen atoms in total. The van der Waals surface area contributed by atoms with E-state index in [4.69, 9.17) is 16.3 Å². The molecule has 0 bridgehead atoms. The van der Waals surface area contributed by atoms with Gasteiger partial charge in [0.15, 0.2) is 0 Å². The molecule has 24 heavy (non-hydrogen) atoms. The number of carbonyl (C=O) groups excluding carboxylic acids is 1. The Morgan fingerprint density at radius 2 is 1.79 bits per heavy atom. The number of halogens is 1. The molecule has 2 aromatic carbocycles. The van der Waals surface area contributed by atoms with Gasteiger partial charge in [0.05, 0.1) is 10.6 Å². The van der Waals surface area contributed by atoms with Crippen molar-refractivity contribution in [3.8, 4) is 11.5 Å². The summed E-state index contributed by atoms with van der Waals surface area (Å²) in [6, 6.07) is 17.9. The molecule has 120 valence electrons. The molecule has 5 heteroatoms. The van der Waals surface area contributed by atoms with Crippen molar-refractivity contribution in [1.29, 1.82) is 0 Å². The number of aryl methyl sites for hydroxylation is 1. The number of aromatic nitrogens is 1. The Morgan fingerprint density at radius 1 is 1.04 bits per heavy atom. The van der Waals surface area contributed by atoms with Crippen molar-refractivity contribution < 1.29 is 9.53 Å². The van der Waals surface area contributed by atoms with Crippen LogP contribution in [0.1, 0.15) is 16.1 Å². The first-order valence-corrected chi connectivity index (χ1v) is 7.76. The maximum absolute atomic E-state index is 12.1. The van der Waals surface area contributed by atoms with E-state index in [0.29, 0.717) is 27.8 Å². The van der Waals surface area contributed by atoms with Gasteiger partial charge in [-0.25, -0.2) is 0 Å². The molecule has 0 atom stereocenters. The van der Waals surface area contributed by atoms with Gasteiger partial charge in [-0.1, -0.05) is 23.7 Å². The number of anilines is 1. The second-order valence-electron chi connectivity index (χ2n) is 5.20. The minimum absolute atomic E-state index is 0.206. The number of rotatable bonds is 4. The number of benzene rings is 2. The molecule has 1 amide bonds. The highest BCUT2D eigenvalue weighted by Crippen LogP contribution is 2.29. The molecule has 0 saturated heterocycles. The molecule has 0 unspecified atom stereocenters. The summed E-state index contributed by atoms with van der Waals surface area (Å²) in [5, 5.41) is 3.36. The largest absolute Gasteiger partial charge is 0.456 e. The molecular weight excluding hydrogens is 324 g/mol. The number of nitrogens with one attached hydrogen (secondary N) is 1. The predicted molar refractivity (Wildman–Crippen MR) is 94.9 cm³/mol. The number of ether oxygens (including phenoxy) is 1. The van der Waals surface area contributed by atoms with Gasteiger partial charge in [0.2, 0.25) is 0 Å². The van der Waals surface area contributed by atoms with Crippen LogP contribution in [-0.4, -0.2) is 10.9 Å². The lowest BCUT2D eigenvalue weighted by atomic mass is 10.2. The van der Waals surface area contributed by atoms with Gasteiger partial charge in [-0.2, -0.15) is 0 Å². The highest BCUT2D eigenvalue weighted by atomic mass is 35.5. The number of para-hydroxylation sites is 1. The molecule has 3 rings (SSSR count). The molecule has 3 aromatic rings. The smallest absolute Gasteiger partial charge is 0.257 e. The van der Waals surface area contributed by atoms with E-state index in [-0.39, 0.29) is 5.91 Å². The summed E-state index contributed by atoms with van der Waals surface area (Å²) in [6.45, 7) is 1.87. The van der Waals surface area contributed by atoms with Gasteiger partial charge >= 0.3 is 0 Å². The van der Waals surface area contributed by atoms with Crippen LogP contribution in [0.15, 0.2) is 66.9 Å². The van der Waals surface area contributed by atoms with E-state index in [1.165, 1.54) is 0 Å². The molecule has 0 aliphatic heterocycles. The number of nitrogens with zero attached hydrogens (tertiary/aromatic N) is 1. The zero-order chi connectivity index (χ0) is 16.9. The van der Waals surface area contributed by atoms with E-state index >= 15 is 0 Å². The fourth-order valence-corrected chi connectivity index (χ4v) is 2.24. The van der Waals surface area contributed by atoms with Gasteiger partial charge in [0.25, 0.3) is 5.91 Å². The average Bonchev–Trinajstić information content (AvgIpc) is 2.59. The van der Waals surface area contributed by atoms with Crippen LogP contribution in [0, 0.1) is 6.92 Å². The van der Waals surface area contributed by atoms with E-state index in [1.807, 2.05) is 19.1 Å². The zero-order valence-corrected chi connectivity index (χ0v) is 13.7. The standard InChI is InChI=1S/C19H15ClN2O2/c1-13-6-7-14(12-21-13)19(23)22-15-8-10-16(11-9-15)24-18-5-3-2-4-17(18)20/h2-12H,1H3,(H,22,23). The summed E-state index contributed by atoms with van der Waals surface area (Å²) in [5.41, 5.74) is 2.05. The Labute approximate surface area is 145 Å². The van der Waals surface area contributed by atoms with Crippen LogP contribution >= 0.6 is 11.6 Å². The highest BCUT2D eigenvalue weighted by Gasteiger charge is 2.07. The van der Waals surface area contributed by atoms with Crippen molar-refractivity contribution in [2.24, 2.45) is 0 Å². The third kappa shape index (κ3) is 3.91. The SMILES string of the molecule is Cc1ccc(C(=O)Nc2ccc(Oc3ccccc3Cl)cc2)cn1. The number of carbonyl (C=O) groups is 1. The molecule has 0 spiro atoms. The van der Waals surface area contributed by atoms with Crippen molar-refractivity contribution in [3.05, 3.63) is 83.1 Å². The molecule has 0 saturated carbocycles. The molecule has 1 N–H and O–H groups in total. The van der Waals surface area contributed by atoms with E-state index in [2.05, 4.69) is 10.3 Å². The predicted octanol–water partition coefficient (Wildman–Crippen LogP) is 5.09. The minimum Gasteiger partial charge on any atom is -0.456 e. The van der Waals surface area contributed by atoms with Gasteiger partial charge in [0, 0.05) is 17.6 Å². The van der Waals surface area contributed by atoms with Crippen molar-refractivity contribution >= 4 is 23.2 Å². The summed E-state index contributed by atoms with van der Waals surface area (Å²) >= 11 is 6.07. The maximum Gasteiger partial charge on any atom is 0.257 e. The number of pyridine rings is 1. The van der Waals surface area contributed by atoms with Crippen LogP contribution in [0.4, 0.5) is 5.69 Å². The summed E-state index contributed by atoms with van der Waals surface area (Å²) in [6.07, 6.45) is 1.56. The lowest BCUT2D eigenvalue weighted by Crippen LogP contribution is -2.12. The molecule has 1 aromatic heterocycles. The third-order valence-corrected chi connectivity index (χ3v) is 3.66. The van der Waals surface area contributed by atoms with Crippen LogP contribution in [0.3, 0.4) is 0 Å². The number of amides is 1. The Balaban J connectivity index is 1.67. The van der Waals surface area contributed by atoms with Crippen LogP contribution in [0.25, 0.3) is 0 Å². The van der Waals surface area contributed by atoms with Crippen molar-refractivity contribution in [1.82, 2.24) is 4.98 Å². The third-order valence-electron chi connectivity index (χ3n) is 3.35. The normalized spacial score (nSPS) is 10.2. The first-order chi connectivity index (χ1) is 11.6. The second-order valence-corrected chi connectivity index (χ2v) is 5.61. The van der Waals surface area contributed by atoms with Crippen molar-refractivity contribution in [2.75, 3.05) is 5.32 Å². The molecule has 0 fully saturated rings. The van der Waals surface area contributed by atoms with Crippen LogP contribution < -0.4 is 10.1 Å². The summed E-state index contributed by atoms with van der Waals surface area (Å²) in [7, 11) is 0. The fraction of sp³-hybridized carbons (Fsp3) is 0.0526. The summed E-state index contributed by atoms with van der Waals surface area (Å²) in [4.78, 5) is 16.3. The second kappa shape index (κ2) is 7.15. The van der Waals surface area contributed by atoms with Crippen LogP contribution in [-0.2, 0) is 0 Å². The molecular formula is C19H15ClN2O2. The molecule has 0 radical (unpaired) electrons. The van der Waals surface area contributed by atoms with Gasteiger partial charge < -0.3 is 10.1 Å². The number of hydrogen-bond acceptors (Lipinski definition) is 3. The fourth-order valence-electron chi connectivity index (χ4n) is 2.07. The Morgan fingerprint density at radius 3 is 2.46 bits per heavy atom. The molecule has 1 heterocycles. The quantitative estimate of drug-likeness (QED) is 0.721. The zero-order valence-electron chi connectivity index (χ0n) is 13.0. The molecule has 0 aliphatic carbocycles. The van der Waals surface area contributed by atoms with Crippen LogP contribution in [0.2, 0.25) is 5.02 Å². The Bertz CT molecular complexity index is 846. The topological polar surface area (TPSA) is 51.2 Å². The van der Waals surface area contributed by atoms with Gasteiger partial charge in [-0.15, -0.1) is 0 Å². The summed E-state index contributed by atoms with van der Waals surface area (Å²) < 4.78 is 5.71. The van der Waals surface area contributed by atoms with E-state index < -0.39 is 0 Å². The Hall–Kier alpha value is -2.85. The van der Waals surface area contributed by atoms with Crippen LogP contribution in [0.5, 0.6) is 11.5 Å². The average molecular weight is 339 g/mol. The van der Waals surface area contributed by atoms with Crippen molar-refractivity contribution in [2.45, 2.75) is 6.92 Å². The maximum atomic E-state index is 12.1. The monoisotopic (exact) mass is 338 g/mol.